The summed E-state index contributed by atoms with van der Waals surface area (Å²) < 4.78 is 16.2. The van der Waals surface area contributed by atoms with Crippen LogP contribution < -0.4 is 16.6 Å². The average molecular weight is 493 g/mol. The van der Waals surface area contributed by atoms with E-state index in [1.165, 1.54) is 23.2 Å². The van der Waals surface area contributed by atoms with Gasteiger partial charge in [0, 0.05) is 25.4 Å². The predicted octanol–water partition coefficient (Wildman–Crippen LogP) is 3.05. The summed E-state index contributed by atoms with van der Waals surface area (Å²) in [6.07, 6.45) is 6.25. The Balaban J connectivity index is 1.50. The normalized spacial score (nSPS) is 10.6. The predicted molar refractivity (Wildman–Crippen MR) is 139 cm³/mol. The van der Waals surface area contributed by atoms with E-state index in [4.69, 9.17) is 5.73 Å². The maximum Gasteiger partial charge on any atom is 0.266 e. The summed E-state index contributed by atoms with van der Waals surface area (Å²) in [6, 6.07) is 12.1. The van der Waals surface area contributed by atoms with Crippen LogP contribution in [0.4, 0.5) is 16.0 Å². The summed E-state index contributed by atoms with van der Waals surface area (Å²) in [5.41, 5.74) is 7.95. The highest BCUT2D eigenvalue weighted by molar-refractivity contribution is 5.82. The monoisotopic (exact) mass is 492 g/mol. The maximum absolute atomic E-state index is 14.7. The molecule has 0 spiro atoms. The number of hydrogen-bond acceptors (Lipinski definition) is 8. The molecule has 0 radical (unpaired) electrons. The summed E-state index contributed by atoms with van der Waals surface area (Å²) >= 11 is 0. The van der Waals surface area contributed by atoms with E-state index in [-0.39, 0.29) is 28.7 Å². The van der Waals surface area contributed by atoms with Gasteiger partial charge in [0.2, 0.25) is 0 Å². The van der Waals surface area contributed by atoms with Crippen LogP contribution in [-0.4, -0.2) is 36.0 Å². The van der Waals surface area contributed by atoms with E-state index in [2.05, 4.69) is 42.1 Å². The number of nitrogen functional groups attached to an aromatic ring is 1. The van der Waals surface area contributed by atoms with Gasteiger partial charge < -0.3 is 11.1 Å². The standard InChI is InChI=1S/C27H21FN8O/c1-17-7-10-21(28)24-23(17)27(37)36(19-5-3-2-4-6-19)22(35-24)11-12-32-26-20(25(29)33-16-34-26)9-8-18-15-30-13-14-31-18/h2-7,10,13-16H,11-12H2,1H3,(H3,29,32,33,34). The molecule has 10 heteroatoms. The van der Waals surface area contributed by atoms with Crippen LogP contribution in [0.15, 0.2) is 72.2 Å². The zero-order valence-electron chi connectivity index (χ0n) is 19.8. The fourth-order valence-electron chi connectivity index (χ4n) is 3.90. The van der Waals surface area contributed by atoms with Crippen LogP contribution in [0.1, 0.15) is 22.6 Å². The van der Waals surface area contributed by atoms with Crippen molar-refractivity contribution in [1.82, 2.24) is 29.5 Å². The molecule has 0 unspecified atom stereocenters. The molecule has 5 rings (SSSR count). The molecule has 0 aliphatic heterocycles. The summed E-state index contributed by atoms with van der Waals surface area (Å²) in [6.45, 7) is 2.08. The largest absolute Gasteiger partial charge is 0.382 e. The minimum Gasteiger partial charge on any atom is -0.382 e. The fraction of sp³-hybridized carbons (Fsp3) is 0.111. The Bertz CT molecular complexity index is 1710. The quantitative estimate of drug-likeness (QED) is 0.359. The van der Waals surface area contributed by atoms with Crippen molar-refractivity contribution in [2.45, 2.75) is 13.3 Å². The molecule has 3 aromatic heterocycles. The van der Waals surface area contributed by atoms with Crippen LogP contribution >= 0.6 is 0 Å². The number of aryl methyl sites for hydroxylation is 1. The van der Waals surface area contributed by atoms with E-state index in [1.807, 2.05) is 30.3 Å². The molecular formula is C27H21FN8O. The third-order valence-electron chi connectivity index (χ3n) is 5.66. The van der Waals surface area contributed by atoms with Crippen molar-refractivity contribution in [3.63, 3.8) is 0 Å². The topological polar surface area (TPSA) is 124 Å². The SMILES string of the molecule is Cc1ccc(F)c2nc(CCNc3ncnc(N)c3C#Cc3cnccn3)n(-c3ccccc3)c(=O)c12. The zero-order valence-corrected chi connectivity index (χ0v) is 19.8. The van der Waals surface area contributed by atoms with Crippen LogP contribution in [-0.2, 0) is 6.42 Å². The number of anilines is 2. The molecule has 9 nitrogen and oxygen atoms in total. The number of nitrogens with one attached hydrogen (secondary N) is 1. The minimum atomic E-state index is -0.544. The van der Waals surface area contributed by atoms with E-state index in [0.717, 1.165) is 0 Å². The van der Waals surface area contributed by atoms with Gasteiger partial charge in [-0.15, -0.1) is 0 Å². The van der Waals surface area contributed by atoms with E-state index in [1.54, 1.807) is 25.4 Å². The van der Waals surface area contributed by atoms with Crippen LogP contribution in [0, 0.1) is 24.6 Å². The van der Waals surface area contributed by atoms with Gasteiger partial charge in [-0.1, -0.05) is 30.2 Å². The minimum absolute atomic E-state index is 0.0500. The number of halogens is 1. The Morgan fingerprint density at radius 1 is 1.05 bits per heavy atom. The van der Waals surface area contributed by atoms with Gasteiger partial charge in [0.1, 0.15) is 46.4 Å². The van der Waals surface area contributed by atoms with Crippen LogP contribution in [0.2, 0.25) is 0 Å². The zero-order chi connectivity index (χ0) is 25.8. The van der Waals surface area contributed by atoms with E-state index in [9.17, 15) is 9.18 Å². The molecule has 0 aliphatic carbocycles. The molecule has 0 amide bonds. The molecule has 182 valence electrons. The van der Waals surface area contributed by atoms with Crippen LogP contribution in [0.5, 0.6) is 0 Å². The first-order valence-electron chi connectivity index (χ1n) is 11.4. The maximum atomic E-state index is 14.7. The van der Waals surface area contributed by atoms with E-state index < -0.39 is 5.82 Å². The number of para-hydroxylation sites is 1. The Labute approximate surface area is 211 Å². The number of aromatic nitrogens is 6. The first-order valence-corrected chi connectivity index (χ1v) is 11.4. The Morgan fingerprint density at radius 2 is 1.89 bits per heavy atom. The van der Waals surface area contributed by atoms with Gasteiger partial charge in [-0.25, -0.2) is 24.3 Å². The van der Waals surface area contributed by atoms with Gasteiger partial charge in [-0.2, -0.15) is 0 Å². The second-order valence-electron chi connectivity index (χ2n) is 8.09. The number of hydrogen-bond donors (Lipinski definition) is 2. The molecule has 0 fully saturated rings. The van der Waals surface area contributed by atoms with Crippen molar-refractivity contribution in [3.8, 4) is 17.5 Å². The van der Waals surface area contributed by atoms with Crippen molar-refractivity contribution in [3.05, 3.63) is 106 Å². The molecule has 0 aliphatic rings. The van der Waals surface area contributed by atoms with Crippen molar-refractivity contribution < 1.29 is 4.39 Å². The van der Waals surface area contributed by atoms with Gasteiger partial charge in [0.15, 0.2) is 0 Å². The van der Waals surface area contributed by atoms with Crippen molar-refractivity contribution >= 4 is 22.5 Å². The summed E-state index contributed by atoms with van der Waals surface area (Å²) in [5.74, 6) is 6.32. The Kier molecular flexibility index (Phi) is 6.50. The van der Waals surface area contributed by atoms with E-state index in [0.29, 0.717) is 40.7 Å². The Hall–Kier alpha value is -5.17. The molecule has 5 aromatic rings. The number of fused-ring (bicyclic) bond motifs is 1. The molecule has 37 heavy (non-hydrogen) atoms. The molecule has 0 saturated carbocycles. The fourth-order valence-corrected chi connectivity index (χ4v) is 3.90. The average Bonchev–Trinajstić information content (AvgIpc) is 2.91. The highest BCUT2D eigenvalue weighted by Gasteiger charge is 2.17. The van der Waals surface area contributed by atoms with E-state index >= 15 is 0 Å². The first-order chi connectivity index (χ1) is 18.0. The third-order valence-corrected chi connectivity index (χ3v) is 5.66. The molecule has 2 aromatic carbocycles. The van der Waals surface area contributed by atoms with Crippen molar-refractivity contribution in [1.29, 1.82) is 0 Å². The lowest BCUT2D eigenvalue weighted by Crippen LogP contribution is -2.26. The molecule has 0 saturated heterocycles. The second-order valence-corrected chi connectivity index (χ2v) is 8.09. The molecule has 0 atom stereocenters. The van der Waals surface area contributed by atoms with Crippen molar-refractivity contribution in [2.75, 3.05) is 17.6 Å². The lowest BCUT2D eigenvalue weighted by molar-refractivity contribution is 0.633. The lowest BCUT2D eigenvalue weighted by Gasteiger charge is -2.15. The van der Waals surface area contributed by atoms with Gasteiger partial charge in [-0.3, -0.25) is 14.3 Å². The van der Waals surface area contributed by atoms with Gasteiger partial charge >= 0.3 is 0 Å². The van der Waals surface area contributed by atoms with Crippen LogP contribution in [0.3, 0.4) is 0 Å². The number of rotatable bonds is 5. The number of nitrogens with two attached hydrogens (primary N) is 1. The summed E-state index contributed by atoms with van der Waals surface area (Å²) in [5, 5.41) is 3.45. The van der Waals surface area contributed by atoms with Gasteiger partial charge in [-0.05, 0) is 36.6 Å². The summed E-state index contributed by atoms with van der Waals surface area (Å²) in [7, 11) is 0. The van der Waals surface area contributed by atoms with Gasteiger partial charge in [0.25, 0.3) is 5.56 Å². The smallest absolute Gasteiger partial charge is 0.266 e. The first kappa shape index (κ1) is 23.6. The number of benzene rings is 2. The van der Waals surface area contributed by atoms with Crippen LogP contribution in [0.25, 0.3) is 16.6 Å². The van der Waals surface area contributed by atoms with Crippen molar-refractivity contribution in [2.24, 2.45) is 0 Å². The third kappa shape index (κ3) is 4.83. The summed E-state index contributed by atoms with van der Waals surface area (Å²) in [4.78, 5) is 34.5. The second kappa shape index (κ2) is 10.2. The molecule has 3 heterocycles. The highest BCUT2D eigenvalue weighted by Crippen LogP contribution is 2.20. The Morgan fingerprint density at radius 3 is 2.68 bits per heavy atom. The lowest BCUT2D eigenvalue weighted by atomic mass is 10.1. The highest BCUT2D eigenvalue weighted by atomic mass is 19.1. The molecular weight excluding hydrogens is 471 g/mol. The molecule has 0 bridgehead atoms. The molecule has 3 N–H and O–H groups in total. The number of nitrogens with zero attached hydrogens (tertiary/aromatic N) is 6. The van der Waals surface area contributed by atoms with Gasteiger partial charge in [0.05, 0.1) is 17.3 Å².